The van der Waals surface area contributed by atoms with Gasteiger partial charge in [-0.25, -0.2) is 0 Å². The van der Waals surface area contributed by atoms with Crippen LogP contribution in [0.25, 0.3) is 0 Å². The predicted molar refractivity (Wildman–Crippen MR) is 48.8 cm³/mol. The first-order valence-corrected chi connectivity index (χ1v) is 3.15. The van der Waals surface area contributed by atoms with E-state index in [0.29, 0.717) is 0 Å². The van der Waals surface area contributed by atoms with E-state index >= 15 is 0 Å². The van der Waals surface area contributed by atoms with Crippen LogP contribution in [0.5, 0.6) is 0 Å². The van der Waals surface area contributed by atoms with Crippen molar-refractivity contribution in [1.29, 1.82) is 0 Å². The maximum absolute atomic E-state index is 8.00. The molecule has 0 aliphatic heterocycles. The van der Waals surface area contributed by atoms with E-state index in [0.717, 1.165) is 0 Å². The normalized spacial score (nSPS) is 2.50. The summed E-state index contributed by atoms with van der Waals surface area (Å²) >= 11 is 3.83. The van der Waals surface area contributed by atoms with Gasteiger partial charge in [-0.1, -0.05) is 39.9 Å². The van der Waals surface area contributed by atoms with Crippen LogP contribution in [-0.4, -0.2) is 12.7 Å². The highest BCUT2D eigenvalue weighted by molar-refractivity contribution is 7.77. The van der Waals surface area contributed by atoms with E-state index in [2.05, 4.69) is 18.1 Å². The van der Waals surface area contributed by atoms with Gasteiger partial charge in [0.05, 0.1) is 0 Å². The molecule has 0 aromatic heterocycles. The third-order valence-corrected chi connectivity index (χ3v) is 0. The van der Waals surface area contributed by atoms with Gasteiger partial charge >= 0.3 is 0 Å². The second-order valence-corrected chi connectivity index (χ2v) is 0. The standard InChI is InChI=1S/2C2H6.CH2O.CH2S.2H2/c4*1-2;;/h2*1-2H3;2*1H2;2*1H/i;;;;2*1+2. The Morgan fingerprint density at radius 3 is 1.00 bits per heavy atom. The highest BCUT2D eigenvalue weighted by atomic mass is 32.1. The van der Waals surface area contributed by atoms with E-state index in [-0.39, 0.29) is 2.85 Å². The zero-order chi connectivity index (χ0) is 8.00. The molecule has 0 N–H and O–H groups in total. The monoisotopic (exact) mass is 144 g/mol. The molecule has 56 valence electrons. The van der Waals surface area contributed by atoms with Crippen molar-refractivity contribution in [2.24, 2.45) is 0 Å². The van der Waals surface area contributed by atoms with Gasteiger partial charge in [0.15, 0.2) is 0 Å². The van der Waals surface area contributed by atoms with Gasteiger partial charge < -0.3 is 4.79 Å². The van der Waals surface area contributed by atoms with Crippen molar-refractivity contribution < 1.29 is 7.65 Å². The molecule has 0 aromatic carbocycles. The SMILES string of the molecule is C=O.C=S.CC.CC.[3HH].[3HH]. The molecule has 0 aliphatic carbocycles. The Kier molecular flexibility index (Phi) is 12200. The first kappa shape index (κ1) is 25.1. The van der Waals surface area contributed by atoms with Gasteiger partial charge in [0, 0.05) is 2.85 Å². The van der Waals surface area contributed by atoms with Crippen molar-refractivity contribution in [3.05, 3.63) is 0 Å². The lowest BCUT2D eigenvalue weighted by Crippen LogP contribution is -0.925. The first-order chi connectivity index (χ1) is 4.00. The molecule has 0 saturated carbocycles. The topological polar surface area (TPSA) is 17.1 Å². The fourth-order valence-electron chi connectivity index (χ4n) is 0. The molecular formula is C6H20OS. The van der Waals surface area contributed by atoms with Gasteiger partial charge in [0.2, 0.25) is 0 Å². The summed E-state index contributed by atoms with van der Waals surface area (Å²) in [4.78, 5) is 8.00. The second-order valence-electron chi connectivity index (χ2n) is 0. The molecular weight excluding hydrogens is 120 g/mol. The number of carbonyl (C=O) groups is 1. The highest BCUT2D eigenvalue weighted by Crippen LogP contribution is 1.15. The Labute approximate surface area is 61.1 Å². The van der Waals surface area contributed by atoms with E-state index in [1.54, 1.807) is 0 Å². The third-order valence-electron chi connectivity index (χ3n) is 0. The van der Waals surface area contributed by atoms with Crippen LogP contribution in [0, 0.1) is 0 Å². The number of rotatable bonds is 0. The van der Waals surface area contributed by atoms with Crippen LogP contribution < -0.4 is 0 Å². The van der Waals surface area contributed by atoms with E-state index in [1.807, 2.05) is 34.5 Å². The predicted octanol–water partition coefficient (Wildman–Crippen LogP) is 2.98. The molecule has 0 rings (SSSR count). The largest absolute Gasteiger partial charge is 0.307 e. The Bertz CT molecular complexity index is 17.7. The average Bonchev–Trinajstić information content (AvgIpc) is 2.03. The molecule has 0 atom stereocenters. The Morgan fingerprint density at radius 1 is 1.00 bits per heavy atom. The zero-order valence-corrected chi connectivity index (χ0v) is 7.05. The fourth-order valence-corrected chi connectivity index (χ4v) is 0. The summed E-state index contributed by atoms with van der Waals surface area (Å²) < 4.78 is 0. The van der Waals surface area contributed by atoms with E-state index in [9.17, 15) is 0 Å². The molecule has 2 heteroatoms. The van der Waals surface area contributed by atoms with Crippen LogP contribution in [0.2, 0.25) is 0 Å². The molecule has 0 bridgehead atoms. The zero-order valence-electron chi connectivity index (χ0n) is 6.23. The molecule has 0 fully saturated rings. The summed E-state index contributed by atoms with van der Waals surface area (Å²) in [6.07, 6.45) is 0. The van der Waals surface area contributed by atoms with Crippen LogP contribution in [0.15, 0.2) is 0 Å². The summed E-state index contributed by atoms with van der Waals surface area (Å²) in [5.74, 6) is 2.83. The van der Waals surface area contributed by atoms with E-state index in [4.69, 9.17) is 4.79 Å². The lowest BCUT2D eigenvalue weighted by molar-refractivity contribution is -0.0979. The summed E-state index contributed by atoms with van der Waals surface area (Å²) in [5, 5.41) is 0. The van der Waals surface area contributed by atoms with Crippen LogP contribution >= 0.6 is 12.2 Å². The molecule has 0 heterocycles. The lowest BCUT2D eigenvalue weighted by Gasteiger charge is -1.07. The molecule has 0 aliphatic rings. The minimum Gasteiger partial charge on any atom is -0.307 e. The van der Waals surface area contributed by atoms with Crippen LogP contribution in [-0.2, 0) is 4.79 Å². The van der Waals surface area contributed by atoms with Crippen LogP contribution in [0.4, 0.5) is 0 Å². The quantitative estimate of drug-likeness (QED) is 0.486. The maximum atomic E-state index is 8.00. The lowest BCUT2D eigenvalue weighted by atomic mass is 11.0. The minimum atomic E-state index is 0. The van der Waals surface area contributed by atoms with Crippen LogP contribution in [0.3, 0.4) is 0 Å². The van der Waals surface area contributed by atoms with Crippen molar-refractivity contribution in [1.82, 2.24) is 0 Å². The average molecular weight is 144 g/mol. The molecule has 0 radical (unpaired) electrons. The fraction of sp³-hybridized carbons (Fsp3) is 0.667. The van der Waals surface area contributed by atoms with Crippen molar-refractivity contribution in [2.75, 3.05) is 0 Å². The Hall–Kier alpha value is -0.240. The van der Waals surface area contributed by atoms with Crippen molar-refractivity contribution in [3.63, 3.8) is 0 Å². The molecule has 8 heavy (non-hydrogen) atoms. The van der Waals surface area contributed by atoms with Crippen LogP contribution in [0.1, 0.15) is 30.5 Å². The summed E-state index contributed by atoms with van der Waals surface area (Å²) in [7, 11) is 0. The van der Waals surface area contributed by atoms with Crippen molar-refractivity contribution in [2.45, 2.75) is 27.7 Å². The summed E-state index contributed by atoms with van der Waals surface area (Å²) in [6, 6.07) is 0. The number of thiocarbonyl (C=S) groups is 1. The summed E-state index contributed by atoms with van der Waals surface area (Å²) in [5.41, 5.74) is 0. The maximum Gasteiger partial charge on any atom is 0.106 e. The number of hydrogen-bond acceptors (Lipinski definition) is 2. The van der Waals surface area contributed by atoms with Gasteiger partial charge in [0.1, 0.15) is 6.79 Å². The molecule has 0 amide bonds. The smallest absolute Gasteiger partial charge is 0.106 e. The molecule has 0 saturated heterocycles. The van der Waals surface area contributed by atoms with Gasteiger partial charge in [0.25, 0.3) is 0 Å². The highest BCUT2D eigenvalue weighted by Gasteiger charge is 0.934. The van der Waals surface area contributed by atoms with Gasteiger partial charge in [-0.3, -0.25) is 0 Å². The molecule has 0 unspecified atom stereocenters. The molecule has 0 spiro atoms. The molecule has 0 aromatic rings. The number of carbonyl (C=O) groups excluding carboxylic acids is 1. The Morgan fingerprint density at radius 2 is 1.00 bits per heavy atom. The van der Waals surface area contributed by atoms with Crippen molar-refractivity contribution >= 4 is 24.9 Å². The molecule has 1 nitrogen and oxygen atoms in total. The van der Waals surface area contributed by atoms with E-state index < -0.39 is 0 Å². The third kappa shape index (κ3) is 2270. The minimum absolute atomic E-state index is 0. The van der Waals surface area contributed by atoms with Gasteiger partial charge in [-0.2, -0.15) is 0 Å². The number of hydrogen-bond donors (Lipinski definition) is 0. The second kappa shape index (κ2) is 3890. The van der Waals surface area contributed by atoms with Crippen molar-refractivity contribution in [3.8, 4) is 0 Å². The first-order valence-electron chi connectivity index (χ1n) is 2.58. The van der Waals surface area contributed by atoms with Gasteiger partial charge in [-0.05, 0) is 5.87 Å². The van der Waals surface area contributed by atoms with E-state index in [1.165, 1.54) is 0 Å². The van der Waals surface area contributed by atoms with Gasteiger partial charge in [-0.15, -0.1) is 0 Å². The summed E-state index contributed by atoms with van der Waals surface area (Å²) in [6.45, 7) is 10.0. The Balaban J connectivity index is -0.00000000500.